The predicted molar refractivity (Wildman–Crippen MR) is 119 cm³/mol. The summed E-state index contributed by atoms with van der Waals surface area (Å²) in [5, 5.41) is 13.9. The Labute approximate surface area is 188 Å². The lowest BCUT2D eigenvalue weighted by molar-refractivity contribution is -0.384. The Hall–Kier alpha value is -4.21. The van der Waals surface area contributed by atoms with Crippen LogP contribution < -0.4 is 15.7 Å². The summed E-state index contributed by atoms with van der Waals surface area (Å²) in [7, 11) is 1.51. The number of benzene rings is 2. The lowest BCUT2D eigenvalue weighted by atomic mass is 10.0. The van der Waals surface area contributed by atoms with Crippen LogP contribution in [0.2, 0.25) is 0 Å². The SMILES string of the molecule is COc1ccc2c(C)c(CCC(=O)OC(C)C(=O)Nc3ccc([N+](=O)[O-])cc3)c(=O)oc2c1. The van der Waals surface area contributed by atoms with Gasteiger partial charge in [-0.2, -0.15) is 0 Å². The summed E-state index contributed by atoms with van der Waals surface area (Å²) < 4.78 is 15.7. The van der Waals surface area contributed by atoms with E-state index in [2.05, 4.69) is 5.32 Å². The van der Waals surface area contributed by atoms with E-state index in [1.54, 1.807) is 25.1 Å². The number of anilines is 1. The van der Waals surface area contributed by atoms with Gasteiger partial charge in [0.05, 0.1) is 12.0 Å². The molecule has 0 aliphatic heterocycles. The highest BCUT2D eigenvalue weighted by Crippen LogP contribution is 2.24. The minimum atomic E-state index is -1.10. The highest BCUT2D eigenvalue weighted by atomic mass is 16.6. The first-order chi connectivity index (χ1) is 15.7. The molecule has 0 fully saturated rings. The van der Waals surface area contributed by atoms with Crippen LogP contribution in [0.5, 0.6) is 5.75 Å². The molecule has 33 heavy (non-hydrogen) atoms. The molecule has 0 saturated heterocycles. The molecule has 0 spiro atoms. The van der Waals surface area contributed by atoms with Crippen molar-refractivity contribution in [2.75, 3.05) is 12.4 Å². The number of carbonyl (C=O) groups is 2. The fraction of sp³-hybridized carbons (Fsp3) is 0.261. The molecular weight excluding hydrogens is 432 g/mol. The zero-order chi connectivity index (χ0) is 24.1. The number of methoxy groups -OCH3 is 1. The molecule has 0 aliphatic carbocycles. The van der Waals surface area contributed by atoms with E-state index in [0.29, 0.717) is 28.1 Å². The summed E-state index contributed by atoms with van der Waals surface area (Å²) in [5.41, 5.74) is 1.10. The van der Waals surface area contributed by atoms with Crippen LogP contribution >= 0.6 is 0 Å². The number of non-ortho nitro benzene ring substituents is 1. The molecule has 10 heteroatoms. The minimum absolute atomic E-state index is 0.0889. The molecule has 172 valence electrons. The number of nitrogens with zero attached hydrogens (tertiary/aromatic N) is 1. The predicted octanol–water partition coefficient (Wildman–Crippen LogP) is 3.52. The second-order valence-corrected chi connectivity index (χ2v) is 7.28. The minimum Gasteiger partial charge on any atom is -0.497 e. The zero-order valence-corrected chi connectivity index (χ0v) is 18.2. The van der Waals surface area contributed by atoms with Crippen LogP contribution in [0.25, 0.3) is 11.0 Å². The van der Waals surface area contributed by atoms with E-state index in [-0.39, 0.29) is 18.5 Å². The average Bonchev–Trinajstić information content (AvgIpc) is 2.78. The fourth-order valence-electron chi connectivity index (χ4n) is 3.24. The standard InChI is InChI=1S/C23H22N2O8/c1-13-18-9-8-17(31-3)12-20(18)33-23(28)19(13)10-11-21(26)32-14(2)22(27)24-15-4-6-16(7-5-15)25(29)30/h4-9,12,14H,10-11H2,1-3H3,(H,24,27). The number of hydrogen-bond acceptors (Lipinski definition) is 8. The lowest BCUT2D eigenvalue weighted by Gasteiger charge is -2.14. The fourth-order valence-corrected chi connectivity index (χ4v) is 3.24. The first kappa shape index (κ1) is 23.5. The van der Waals surface area contributed by atoms with Crippen LogP contribution in [-0.2, 0) is 20.7 Å². The molecule has 1 amide bonds. The zero-order valence-electron chi connectivity index (χ0n) is 18.2. The van der Waals surface area contributed by atoms with E-state index in [0.717, 1.165) is 5.39 Å². The molecule has 1 heterocycles. The van der Waals surface area contributed by atoms with E-state index in [1.807, 2.05) is 0 Å². The first-order valence-corrected chi connectivity index (χ1v) is 10.0. The van der Waals surface area contributed by atoms with Gasteiger partial charge in [0.1, 0.15) is 11.3 Å². The molecule has 1 N–H and O–H groups in total. The second kappa shape index (κ2) is 9.94. The molecule has 2 aromatic carbocycles. The third-order valence-corrected chi connectivity index (χ3v) is 5.10. The number of nitro groups is 1. The summed E-state index contributed by atoms with van der Waals surface area (Å²) >= 11 is 0. The molecule has 0 aliphatic rings. The van der Waals surface area contributed by atoms with E-state index in [9.17, 15) is 24.5 Å². The number of rotatable bonds is 8. The Morgan fingerprint density at radius 1 is 1.18 bits per heavy atom. The quantitative estimate of drug-likeness (QED) is 0.236. The van der Waals surface area contributed by atoms with Gasteiger partial charge in [0.15, 0.2) is 6.10 Å². The topological polar surface area (TPSA) is 138 Å². The second-order valence-electron chi connectivity index (χ2n) is 7.28. The van der Waals surface area contributed by atoms with Crippen molar-refractivity contribution in [2.24, 2.45) is 0 Å². The number of aryl methyl sites for hydroxylation is 1. The van der Waals surface area contributed by atoms with Gasteiger partial charge in [-0.3, -0.25) is 19.7 Å². The van der Waals surface area contributed by atoms with Gasteiger partial charge in [0.25, 0.3) is 11.6 Å². The molecule has 10 nitrogen and oxygen atoms in total. The average molecular weight is 454 g/mol. The van der Waals surface area contributed by atoms with Crippen molar-refractivity contribution in [3.63, 3.8) is 0 Å². The van der Waals surface area contributed by atoms with Gasteiger partial charge < -0.3 is 19.2 Å². The molecule has 1 unspecified atom stereocenters. The van der Waals surface area contributed by atoms with Gasteiger partial charge in [-0.25, -0.2) is 4.79 Å². The smallest absolute Gasteiger partial charge is 0.339 e. The third kappa shape index (κ3) is 5.53. The van der Waals surface area contributed by atoms with Crippen molar-refractivity contribution >= 4 is 34.2 Å². The lowest BCUT2D eigenvalue weighted by Crippen LogP contribution is -2.30. The van der Waals surface area contributed by atoms with E-state index in [4.69, 9.17) is 13.9 Å². The largest absolute Gasteiger partial charge is 0.497 e. The van der Waals surface area contributed by atoms with Crippen molar-refractivity contribution in [1.29, 1.82) is 0 Å². The van der Waals surface area contributed by atoms with Crippen LogP contribution in [0, 0.1) is 17.0 Å². The Morgan fingerprint density at radius 2 is 1.88 bits per heavy atom. The number of carbonyl (C=O) groups excluding carboxylic acids is 2. The number of fused-ring (bicyclic) bond motifs is 1. The van der Waals surface area contributed by atoms with Gasteiger partial charge in [-0.05, 0) is 50.1 Å². The summed E-state index contributed by atoms with van der Waals surface area (Å²) in [5.74, 6) is -0.690. The van der Waals surface area contributed by atoms with E-state index in [1.165, 1.54) is 38.3 Å². The van der Waals surface area contributed by atoms with Crippen molar-refractivity contribution in [2.45, 2.75) is 32.8 Å². The van der Waals surface area contributed by atoms with Gasteiger partial charge in [-0.15, -0.1) is 0 Å². The normalized spacial score (nSPS) is 11.6. The number of esters is 1. The first-order valence-electron chi connectivity index (χ1n) is 10.0. The van der Waals surface area contributed by atoms with Gasteiger partial charge in [0.2, 0.25) is 0 Å². The molecular formula is C23H22N2O8. The Morgan fingerprint density at radius 3 is 2.52 bits per heavy atom. The third-order valence-electron chi connectivity index (χ3n) is 5.10. The van der Waals surface area contributed by atoms with Crippen molar-refractivity contribution in [3.05, 3.63) is 74.1 Å². The Kier molecular flexibility index (Phi) is 7.07. The van der Waals surface area contributed by atoms with Crippen LogP contribution in [0.1, 0.15) is 24.5 Å². The van der Waals surface area contributed by atoms with Gasteiger partial charge >= 0.3 is 11.6 Å². The maximum atomic E-state index is 12.4. The number of amides is 1. The number of nitrogens with one attached hydrogen (secondary N) is 1. The summed E-state index contributed by atoms with van der Waals surface area (Å²) in [6, 6.07) is 10.4. The number of ether oxygens (including phenoxy) is 2. The molecule has 3 aromatic rings. The van der Waals surface area contributed by atoms with Crippen molar-refractivity contribution in [1.82, 2.24) is 0 Å². The molecule has 1 atom stereocenters. The van der Waals surface area contributed by atoms with E-state index < -0.39 is 28.5 Å². The van der Waals surface area contributed by atoms with Gasteiger partial charge in [-0.1, -0.05) is 0 Å². The number of hydrogen-bond donors (Lipinski definition) is 1. The molecule has 0 radical (unpaired) electrons. The molecule has 0 saturated carbocycles. The highest BCUT2D eigenvalue weighted by molar-refractivity contribution is 5.95. The van der Waals surface area contributed by atoms with Crippen LogP contribution in [0.4, 0.5) is 11.4 Å². The Balaban J connectivity index is 1.60. The Bertz CT molecular complexity index is 1260. The van der Waals surface area contributed by atoms with Crippen molar-refractivity contribution in [3.8, 4) is 5.75 Å². The highest BCUT2D eigenvalue weighted by Gasteiger charge is 2.20. The van der Waals surface area contributed by atoms with Crippen LogP contribution in [0.3, 0.4) is 0 Å². The van der Waals surface area contributed by atoms with Crippen LogP contribution in [0.15, 0.2) is 51.7 Å². The van der Waals surface area contributed by atoms with Crippen molar-refractivity contribution < 1.29 is 28.4 Å². The summed E-state index contributed by atoms with van der Waals surface area (Å²) in [4.78, 5) is 47.0. The van der Waals surface area contributed by atoms with Crippen LogP contribution in [-0.4, -0.2) is 30.0 Å². The van der Waals surface area contributed by atoms with E-state index >= 15 is 0 Å². The summed E-state index contributed by atoms with van der Waals surface area (Å²) in [6.07, 6.45) is -1.14. The van der Waals surface area contributed by atoms with Gasteiger partial charge in [0, 0.05) is 41.3 Å². The number of nitro benzene ring substituents is 1. The monoisotopic (exact) mass is 454 g/mol. The molecule has 0 bridgehead atoms. The molecule has 3 rings (SSSR count). The summed E-state index contributed by atoms with van der Waals surface area (Å²) in [6.45, 7) is 3.17. The molecule has 1 aromatic heterocycles. The maximum absolute atomic E-state index is 12.4. The maximum Gasteiger partial charge on any atom is 0.339 e.